The van der Waals surface area contributed by atoms with Gasteiger partial charge in [0.25, 0.3) is 0 Å². The summed E-state index contributed by atoms with van der Waals surface area (Å²) in [5, 5.41) is 13.2. The van der Waals surface area contributed by atoms with Crippen LogP contribution >= 0.6 is 0 Å². The van der Waals surface area contributed by atoms with Gasteiger partial charge < -0.3 is 16.2 Å². The maximum atomic E-state index is 12.3. The van der Waals surface area contributed by atoms with Crippen molar-refractivity contribution in [2.24, 2.45) is 17.6 Å². The molecule has 0 saturated heterocycles. The number of amides is 1. The third kappa shape index (κ3) is 4.18. The summed E-state index contributed by atoms with van der Waals surface area (Å²) < 4.78 is 0. The van der Waals surface area contributed by atoms with Gasteiger partial charge in [-0.15, -0.1) is 0 Å². The highest BCUT2D eigenvalue weighted by Gasteiger charge is 2.30. The van der Waals surface area contributed by atoms with E-state index >= 15 is 0 Å². The van der Waals surface area contributed by atoms with Gasteiger partial charge >= 0.3 is 0 Å². The monoisotopic (exact) mass is 268 g/mol. The molecule has 0 aromatic heterocycles. The Hall–Kier alpha value is -0.610. The maximum absolute atomic E-state index is 12.3. The van der Waals surface area contributed by atoms with E-state index < -0.39 is 0 Å². The Labute approximate surface area is 116 Å². The molecule has 4 heteroatoms. The molecule has 0 aromatic carbocycles. The fourth-order valence-corrected chi connectivity index (χ4v) is 3.50. The van der Waals surface area contributed by atoms with E-state index in [1.807, 2.05) is 0 Å². The van der Waals surface area contributed by atoms with Crippen LogP contribution in [0.2, 0.25) is 0 Å². The van der Waals surface area contributed by atoms with Crippen molar-refractivity contribution in [2.75, 3.05) is 6.54 Å². The van der Waals surface area contributed by atoms with Crippen LogP contribution in [0.3, 0.4) is 0 Å². The molecule has 4 N–H and O–H groups in total. The molecule has 4 unspecified atom stereocenters. The zero-order valence-corrected chi connectivity index (χ0v) is 11.8. The predicted octanol–water partition coefficient (Wildman–Crippen LogP) is 1.56. The Balaban J connectivity index is 1.85. The van der Waals surface area contributed by atoms with Crippen molar-refractivity contribution in [3.8, 4) is 0 Å². The smallest absolute Gasteiger partial charge is 0.223 e. The predicted molar refractivity (Wildman–Crippen MR) is 75.5 cm³/mol. The van der Waals surface area contributed by atoms with Crippen molar-refractivity contribution in [1.29, 1.82) is 0 Å². The van der Waals surface area contributed by atoms with Gasteiger partial charge in [0.15, 0.2) is 0 Å². The molecule has 19 heavy (non-hydrogen) atoms. The number of nitrogens with two attached hydrogens (primary N) is 1. The number of hydrogen-bond donors (Lipinski definition) is 3. The van der Waals surface area contributed by atoms with Crippen LogP contribution in [0.15, 0.2) is 0 Å². The van der Waals surface area contributed by atoms with Crippen LogP contribution in [0.1, 0.15) is 57.8 Å². The fraction of sp³-hybridized carbons (Fsp3) is 0.933. The summed E-state index contributed by atoms with van der Waals surface area (Å²) in [6, 6.07) is -0.0340. The third-order valence-electron chi connectivity index (χ3n) is 4.79. The molecular weight excluding hydrogens is 240 g/mol. The SMILES string of the molecule is NCC1CCCC(C(=O)NC2CCCCCC2O)C1. The number of carbonyl (C=O) groups is 1. The van der Waals surface area contributed by atoms with E-state index in [9.17, 15) is 9.90 Å². The van der Waals surface area contributed by atoms with Crippen molar-refractivity contribution in [3.63, 3.8) is 0 Å². The topological polar surface area (TPSA) is 75.4 Å². The molecule has 4 atom stereocenters. The van der Waals surface area contributed by atoms with Crippen LogP contribution in [-0.2, 0) is 4.79 Å². The normalized spacial score (nSPS) is 36.5. The van der Waals surface area contributed by atoms with Gasteiger partial charge in [0.1, 0.15) is 0 Å². The standard InChI is InChI=1S/C15H28N2O2/c16-10-11-5-4-6-12(9-11)15(19)17-13-7-2-1-3-8-14(13)18/h11-14,18H,1-10,16H2,(H,17,19). The number of rotatable bonds is 3. The van der Waals surface area contributed by atoms with E-state index in [0.717, 1.165) is 51.4 Å². The van der Waals surface area contributed by atoms with Gasteiger partial charge in [0, 0.05) is 5.92 Å². The average molecular weight is 268 g/mol. The summed E-state index contributed by atoms with van der Waals surface area (Å²) >= 11 is 0. The third-order valence-corrected chi connectivity index (χ3v) is 4.79. The summed E-state index contributed by atoms with van der Waals surface area (Å²) in [6.07, 6.45) is 8.89. The molecule has 2 aliphatic rings. The summed E-state index contributed by atoms with van der Waals surface area (Å²) in [5.41, 5.74) is 5.72. The average Bonchev–Trinajstić information content (AvgIpc) is 2.64. The van der Waals surface area contributed by atoms with Crippen molar-refractivity contribution < 1.29 is 9.90 Å². The van der Waals surface area contributed by atoms with Crippen LogP contribution in [0, 0.1) is 11.8 Å². The van der Waals surface area contributed by atoms with Crippen LogP contribution in [-0.4, -0.2) is 29.7 Å². The Bertz CT molecular complexity index is 296. The van der Waals surface area contributed by atoms with Crippen LogP contribution < -0.4 is 11.1 Å². The first kappa shape index (κ1) is 14.8. The fourth-order valence-electron chi connectivity index (χ4n) is 3.50. The molecule has 2 rings (SSSR count). The molecule has 0 heterocycles. The first-order valence-corrected chi connectivity index (χ1v) is 7.89. The molecule has 0 radical (unpaired) electrons. The Morgan fingerprint density at radius 3 is 2.68 bits per heavy atom. The van der Waals surface area contributed by atoms with Crippen LogP contribution in [0.25, 0.3) is 0 Å². The van der Waals surface area contributed by atoms with E-state index in [2.05, 4.69) is 5.32 Å². The van der Waals surface area contributed by atoms with Crippen LogP contribution in [0.4, 0.5) is 0 Å². The largest absolute Gasteiger partial charge is 0.391 e. The first-order chi connectivity index (χ1) is 9.20. The molecule has 0 bridgehead atoms. The van der Waals surface area contributed by atoms with Gasteiger partial charge in [-0.1, -0.05) is 25.7 Å². The molecule has 2 fully saturated rings. The quantitative estimate of drug-likeness (QED) is 0.680. The van der Waals surface area contributed by atoms with E-state index in [1.165, 1.54) is 6.42 Å². The van der Waals surface area contributed by atoms with E-state index in [1.54, 1.807) is 0 Å². The van der Waals surface area contributed by atoms with Crippen molar-refractivity contribution in [1.82, 2.24) is 5.32 Å². The van der Waals surface area contributed by atoms with Gasteiger partial charge in [0.05, 0.1) is 12.1 Å². The highest BCUT2D eigenvalue weighted by molar-refractivity contribution is 5.79. The van der Waals surface area contributed by atoms with Crippen molar-refractivity contribution in [3.05, 3.63) is 0 Å². The Morgan fingerprint density at radius 2 is 1.89 bits per heavy atom. The lowest BCUT2D eigenvalue weighted by Crippen LogP contribution is -2.46. The lowest BCUT2D eigenvalue weighted by Gasteiger charge is -2.30. The first-order valence-electron chi connectivity index (χ1n) is 7.89. The molecule has 0 aromatic rings. The van der Waals surface area contributed by atoms with E-state index in [4.69, 9.17) is 5.73 Å². The second-order valence-corrected chi connectivity index (χ2v) is 6.29. The minimum Gasteiger partial charge on any atom is -0.391 e. The van der Waals surface area contributed by atoms with Gasteiger partial charge in [-0.3, -0.25) is 4.79 Å². The molecule has 0 aliphatic heterocycles. The van der Waals surface area contributed by atoms with E-state index in [0.29, 0.717) is 12.5 Å². The number of hydrogen-bond acceptors (Lipinski definition) is 3. The summed E-state index contributed by atoms with van der Waals surface area (Å²) in [7, 11) is 0. The van der Waals surface area contributed by atoms with Gasteiger partial charge in [-0.05, 0) is 44.6 Å². The Morgan fingerprint density at radius 1 is 1.11 bits per heavy atom. The molecule has 110 valence electrons. The molecule has 2 saturated carbocycles. The highest BCUT2D eigenvalue weighted by atomic mass is 16.3. The van der Waals surface area contributed by atoms with Gasteiger partial charge in [0.2, 0.25) is 5.91 Å². The summed E-state index contributed by atoms with van der Waals surface area (Å²) in [5.74, 6) is 0.755. The maximum Gasteiger partial charge on any atom is 0.223 e. The van der Waals surface area contributed by atoms with Gasteiger partial charge in [-0.25, -0.2) is 0 Å². The van der Waals surface area contributed by atoms with Gasteiger partial charge in [-0.2, -0.15) is 0 Å². The lowest BCUT2D eigenvalue weighted by molar-refractivity contribution is -0.128. The molecule has 4 nitrogen and oxygen atoms in total. The number of nitrogens with one attached hydrogen (secondary N) is 1. The zero-order valence-electron chi connectivity index (χ0n) is 11.8. The second-order valence-electron chi connectivity index (χ2n) is 6.29. The van der Waals surface area contributed by atoms with E-state index in [-0.39, 0.29) is 24.0 Å². The minimum atomic E-state index is -0.361. The number of carbonyl (C=O) groups excluding carboxylic acids is 1. The van der Waals surface area contributed by atoms with Crippen molar-refractivity contribution >= 4 is 5.91 Å². The van der Waals surface area contributed by atoms with Crippen molar-refractivity contribution in [2.45, 2.75) is 69.9 Å². The molecular formula is C15H28N2O2. The second kappa shape index (κ2) is 7.25. The van der Waals surface area contributed by atoms with Crippen LogP contribution in [0.5, 0.6) is 0 Å². The minimum absolute atomic E-state index is 0.0340. The number of aliphatic hydroxyl groups excluding tert-OH is 1. The zero-order chi connectivity index (χ0) is 13.7. The highest BCUT2D eigenvalue weighted by Crippen LogP contribution is 2.29. The molecule has 1 amide bonds. The summed E-state index contributed by atoms with van der Waals surface area (Å²) in [4.78, 5) is 12.3. The number of aliphatic hydroxyl groups is 1. The molecule has 0 spiro atoms. The summed E-state index contributed by atoms with van der Waals surface area (Å²) in [6.45, 7) is 0.690. The Kier molecular flexibility index (Phi) is 5.64. The lowest BCUT2D eigenvalue weighted by atomic mass is 9.81. The molecule has 2 aliphatic carbocycles.